The number of nitrogens with two attached hydrogens (primary N) is 1. The largest absolute Gasteiger partial charge is 0.488 e. The minimum Gasteiger partial charge on any atom is -0.488 e. The fourth-order valence-corrected chi connectivity index (χ4v) is 2.16. The van der Waals surface area contributed by atoms with Crippen molar-refractivity contribution in [2.75, 3.05) is 0 Å². The normalized spacial score (nSPS) is 10.3. The highest BCUT2D eigenvalue weighted by molar-refractivity contribution is 9.10. The minimum atomic E-state index is -0.450. The third-order valence-electron chi connectivity index (χ3n) is 2.61. The number of halogens is 3. The van der Waals surface area contributed by atoms with Gasteiger partial charge in [-0.1, -0.05) is 24.4 Å². The molecule has 2 aromatic rings. The van der Waals surface area contributed by atoms with E-state index in [1.807, 2.05) is 0 Å². The van der Waals surface area contributed by atoms with Crippen molar-refractivity contribution >= 4 is 33.1 Å². The summed E-state index contributed by atoms with van der Waals surface area (Å²) in [6, 6.07) is 8.47. The van der Waals surface area contributed by atoms with Gasteiger partial charge in [-0.2, -0.15) is 0 Å². The molecule has 2 N–H and O–H groups in total. The van der Waals surface area contributed by atoms with Crippen LogP contribution in [0.3, 0.4) is 0 Å². The summed E-state index contributed by atoms with van der Waals surface area (Å²) in [6.07, 6.45) is 0. The Balaban J connectivity index is 2.13. The average Bonchev–Trinajstić information content (AvgIpc) is 2.38. The van der Waals surface area contributed by atoms with E-state index in [1.165, 1.54) is 24.3 Å². The Kier molecular flexibility index (Phi) is 4.67. The zero-order valence-electron chi connectivity index (χ0n) is 10.2. The van der Waals surface area contributed by atoms with Crippen molar-refractivity contribution in [2.45, 2.75) is 6.61 Å². The van der Waals surface area contributed by atoms with Gasteiger partial charge in [0.05, 0.1) is 4.47 Å². The maximum Gasteiger partial charge on any atom is 0.134 e. The molecule has 20 heavy (non-hydrogen) atoms. The molecule has 0 spiro atoms. The molecule has 0 unspecified atom stereocenters. The van der Waals surface area contributed by atoms with Gasteiger partial charge in [0.15, 0.2) is 0 Å². The molecule has 0 heterocycles. The SMILES string of the molecule is NC(=S)c1ccc(COc2ccc(F)cc2Br)c(F)c1. The first-order chi connectivity index (χ1) is 9.47. The lowest BCUT2D eigenvalue weighted by Crippen LogP contribution is -2.10. The van der Waals surface area contributed by atoms with Crippen LogP contribution in [-0.2, 0) is 6.61 Å². The Morgan fingerprint density at radius 1 is 1.20 bits per heavy atom. The lowest BCUT2D eigenvalue weighted by Gasteiger charge is -2.09. The molecule has 0 aromatic heterocycles. The molecule has 0 saturated carbocycles. The molecule has 0 atom stereocenters. The van der Waals surface area contributed by atoms with Crippen molar-refractivity contribution in [3.05, 3.63) is 63.6 Å². The standard InChI is InChI=1S/C14H10BrF2NOS/c15-11-6-10(16)3-4-13(11)19-7-9-2-1-8(14(18)20)5-12(9)17/h1-6H,7H2,(H2,18,20). The molecule has 2 aromatic carbocycles. The number of rotatable bonds is 4. The monoisotopic (exact) mass is 357 g/mol. The molecule has 0 aliphatic rings. The summed E-state index contributed by atoms with van der Waals surface area (Å²) in [5, 5.41) is 0. The van der Waals surface area contributed by atoms with E-state index in [9.17, 15) is 8.78 Å². The number of benzene rings is 2. The molecule has 104 valence electrons. The summed E-state index contributed by atoms with van der Waals surface area (Å²) in [5.74, 6) is -0.394. The lowest BCUT2D eigenvalue weighted by molar-refractivity contribution is 0.297. The van der Waals surface area contributed by atoms with Gasteiger partial charge in [-0.15, -0.1) is 0 Å². The molecular weight excluding hydrogens is 348 g/mol. The number of ether oxygens (including phenoxy) is 1. The maximum absolute atomic E-state index is 13.8. The van der Waals surface area contributed by atoms with E-state index in [1.54, 1.807) is 12.1 Å². The molecule has 0 fully saturated rings. The highest BCUT2D eigenvalue weighted by atomic mass is 79.9. The molecular formula is C14H10BrF2NOS. The van der Waals surface area contributed by atoms with Gasteiger partial charge in [-0.3, -0.25) is 0 Å². The molecule has 0 bridgehead atoms. The maximum atomic E-state index is 13.8. The molecule has 0 saturated heterocycles. The van der Waals surface area contributed by atoms with Crippen LogP contribution in [-0.4, -0.2) is 4.99 Å². The number of thiocarbonyl (C=S) groups is 1. The molecule has 0 aliphatic carbocycles. The van der Waals surface area contributed by atoms with Crippen LogP contribution in [0.1, 0.15) is 11.1 Å². The Bertz CT molecular complexity index is 664. The van der Waals surface area contributed by atoms with Gasteiger partial charge < -0.3 is 10.5 Å². The van der Waals surface area contributed by atoms with E-state index in [2.05, 4.69) is 15.9 Å². The van der Waals surface area contributed by atoms with Crippen LogP contribution in [0.5, 0.6) is 5.75 Å². The summed E-state index contributed by atoms with van der Waals surface area (Å²) in [5.41, 5.74) is 6.25. The van der Waals surface area contributed by atoms with Gasteiger partial charge in [0.2, 0.25) is 0 Å². The summed E-state index contributed by atoms with van der Waals surface area (Å²) in [6.45, 7) is 0.0215. The van der Waals surface area contributed by atoms with Crippen LogP contribution in [0.2, 0.25) is 0 Å². The molecule has 2 rings (SSSR count). The molecule has 0 radical (unpaired) electrons. The first kappa shape index (κ1) is 14.9. The van der Waals surface area contributed by atoms with Crippen LogP contribution in [0.4, 0.5) is 8.78 Å². The Morgan fingerprint density at radius 2 is 1.95 bits per heavy atom. The predicted molar refractivity (Wildman–Crippen MR) is 80.7 cm³/mol. The fraction of sp³-hybridized carbons (Fsp3) is 0.0714. The van der Waals surface area contributed by atoms with Crippen molar-refractivity contribution in [3.63, 3.8) is 0 Å². The summed E-state index contributed by atoms with van der Waals surface area (Å²) >= 11 is 7.95. The van der Waals surface area contributed by atoms with Crippen molar-refractivity contribution < 1.29 is 13.5 Å². The van der Waals surface area contributed by atoms with Crippen LogP contribution >= 0.6 is 28.1 Å². The Labute approximate surface area is 128 Å². The second-order valence-electron chi connectivity index (χ2n) is 4.03. The quantitative estimate of drug-likeness (QED) is 0.841. The zero-order chi connectivity index (χ0) is 14.7. The second-order valence-corrected chi connectivity index (χ2v) is 5.33. The highest BCUT2D eigenvalue weighted by Crippen LogP contribution is 2.26. The lowest BCUT2D eigenvalue weighted by atomic mass is 10.1. The first-order valence-electron chi connectivity index (χ1n) is 5.63. The van der Waals surface area contributed by atoms with Gasteiger partial charge in [0.1, 0.15) is 29.0 Å². The van der Waals surface area contributed by atoms with Gasteiger partial charge in [-0.05, 0) is 40.2 Å². The van der Waals surface area contributed by atoms with Crippen LogP contribution in [0, 0.1) is 11.6 Å². The second kappa shape index (κ2) is 6.28. The molecule has 0 amide bonds. The smallest absolute Gasteiger partial charge is 0.134 e. The van der Waals surface area contributed by atoms with Crippen LogP contribution in [0.15, 0.2) is 40.9 Å². The van der Waals surface area contributed by atoms with Crippen LogP contribution < -0.4 is 10.5 Å². The average molecular weight is 358 g/mol. The molecule has 2 nitrogen and oxygen atoms in total. The van der Waals surface area contributed by atoms with Crippen molar-refractivity contribution in [1.29, 1.82) is 0 Å². The first-order valence-corrected chi connectivity index (χ1v) is 6.83. The summed E-state index contributed by atoms with van der Waals surface area (Å²) in [4.78, 5) is 0.137. The van der Waals surface area contributed by atoms with E-state index in [0.29, 0.717) is 21.3 Å². The Morgan fingerprint density at radius 3 is 2.55 bits per heavy atom. The summed E-state index contributed by atoms with van der Waals surface area (Å²) in [7, 11) is 0. The molecule has 0 aliphatic heterocycles. The number of hydrogen-bond donors (Lipinski definition) is 1. The van der Waals surface area contributed by atoms with Crippen molar-refractivity contribution in [3.8, 4) is 5.75 Å². The fourth-order valence-electron chi connectivity index (χ4n) is 1.57. The van der Waals surface area contributed by atoms with E-state index in [4.69, 9.17) is 22.7 Å². The van der Waals surface area contributed by atoms with Gasteiger partial charge >= 0.3 is 0 Å². The predicted octanol–water partition coefficient (Wildman–Crippen LogP) is 3.94. The number of hydrogen-bond acceptors (Lipinski definition) is 2. The van der Waals surface area contributed by atoms with E-state index < -0.39 is 5.82 Å². The van der Waals surface area contributed by atoms with Gasteiger partial charge in [0.25, 0.3) is 0 Å². The zero-order valence-corrected chi connectivity index (χ0v) is 12.6. The minimum absolute atomic E-state index is 0.0215. The third-order valence-corrected chi connectivity index (χ3v) is 3.47. The van der Waals surface area contributed by atoms with Crippen LogP contribution in [0.25, 0.3) is 0 Å². The van der Waals surface area contributed by atoms with E-state index in [-0.39, 0.29) is 17.4 Å². The molecule has 6 heteroatoms. The third kappa shape index (κ3) is 3.52. The van der Waals surface area contributed by atoms with Gasteiger partial charge in [0, 0.05) is 11.1 Å². The van der Waals surface area contributed by atoms with E-state index >= 15 is 0 Å². The highest BCUT2D eigenvalue weighted by Gasteiger charge is 2.08. The van der Waals surface area contributed by atoms with Crippen molar-refractivity contribution in [2.24, 2.45) is 5.73 Å². The van der Waals surface area contributed by atoms with Crippen molar-refractivity contribution in [1.82, 2.24) is 0 Å². The Hall–Kier alpha value is -1.53. The topological polar surface area (TPSA) is 35.2 Å². The van der Waals surface area contributed by atoms with E-state index in [0.717, 1.165) is 0 Å². The summed E-state index contributed by atoms with van der Waals surface area (Å²) < 4.78 is 32.6. The van der Waals surface area contributed by atoms with Gasteiger partial charge in [-0.25, -0.2) is 8.78 Å².